The van der Waals surface area contributed by atoms with E-state index >= 15 is 0 Å². The van der Waals surface area contributed by atoms with Crippen LogP contribution in [-0.2, 0) is 4.74 Å². The first-order valence-corrected chi connectivity index (χ1v) is 7.46. The lowest BCUT2D eigenvalue weighted by Gasteiger charge is -2.28. The maximum absolute atomic E-state index is 14.7. The van der Waals surface area contributed by atoms with Gasteiger partial charge >= 0.3 is 5.95 Å². The number of ether oxygens (including phenoxy) is 1. The van der Waals surface area contributed by atoms with Gasteiger partial charge in [-0.2, -0.15) is 4.85 Å². The zero-order valence-corrected chi connectivity index (χ0v) is 13.2. The number of aliphatic hydroxyl groups excluding tert-OH is 2. The molecule has 0 aromatic carbocycles. The minimum Gasteiger partial charge on any atom is -0.393 e. The van der Waals surface area contributed by atoms with E-state index in [9.17, 15) is 14.6 Å². The zero-order valence-electron chi connectivity index (χ0n) is 13.2. The molecule has 24 heavy (non-hydrogen) atoms. The van der Waals surface area contributed by atoms with Crippen molar-refractivity contribution in [3.05, 3.63) is 16.7 Å². The lowest BCUT2D eigenvalue weighted by Crippen LogP contribution is -2.44. The van der Waals surface area contributed by atoms with Gasteiger partial charge in [0.05, 0.1) is 12.8 Å². The molecule has 128 valence electrons. The number of alkyl halides is 1. The van der Waals surface area contributed by atoms with Gasteiger partial charge in [0.1, 0.15) is 30.1 Å². The smallest absolute Gasteiger partial charge is 0.393 e. The van der Waals surface area contributed by atoms with Crippen LogP contribution in [0.25, 0.3) is 10.5 Å². The van der Waals surface area contributed by atoms with Crippen LogP contribution in [0.5, 0.6) is 0 Å². The summed E-state index contributed by atoms with van der Waals surface area (Å²) in [4.78, 5) is 11.7. The summed E-state index contributed by atoms with van der Waals surface area (Å²) in [6.07, 6.45) is -2.72. The number of nitrogens with zero attached hydrogens (tertiary/aromatic N) is 5. The topological polar surface area (TPSA) is 109 Å². The molecule has 2 aromatic heterocycles. The Labute approximate surface area is 136 Å². The molecule has 3 rings (SSSR count). The Morgan fingerprint density at radius 2 is 2.33 bits per heavy atom. The van der Waals surface area contributed by atoms with Crippen molar-refractivity contribution < 1.29 is 19.3 Å². The van der Waals surface area contributed by atoms with Crippen molar-refractivity contribution in [2.24, 2.45) is 0 Å². The molecule has 0 amide bonds. The molecule has 4 unspecified atom stereocenters. The molecule has 1 aliphatic heterocycles. The minimum atomic E-state index is -1.75. The van der Waals surface area contributed by atoms with E-state index in [0.29, 0.717) is 11.5 Å². The largest absolute Gasteiger partial charge is 0.553 e. The molecule has 0 bridgehead atoms. The number of fused-ring (bicyclic) bond motifs is 1. The van der Waals surface area contributed by atoms with E-state index in [1.807, 2.05) is 0 Å². The van der Waals surface area contributed by atoms with Crippen LogP contribution in [0.1, 0.15) is 25.1 Å². The van der Waals surface area contributed by atoms with Crippen molar-refractivity contribution in [2.45, 2.75) is 37.3 Å². The Morgan fingerprint density at radius 3 is 2.88 bits per heavy atom. The Kier molecular flexibility index (Phi) is 4.08. The lowest BCUT2D eigenvalue weighted by molar-refractivity contribution is -0.115. The van der Waals surface area contributed by atoms with Crippen LogP contribution >= 0.6 is 0 Å². The van der Waals surface area contributed by atoms with Crippen molar-refractivity contribution in [3.8, 4) is 6.57 Å². The molecule has 3 N–H and O–H groups in total. The third kappa shape index (κ3) is 2.21. The number of aliphatic hydroxyl groups is 2. The number of nitrogens with one attached hydrogen (secondary N) is 1. The van der Waals surface area contributed by atoms with Gasteiger partial charge in [0.2, 0.25) is 5.65 Å². The Bertz CT molecular complexity index is 800. The highest BCUT2D eigenvalue weighted by Crippen LogP contribution is 2.43. The van der Waals surface area contributed by atoms with Gasteiger partial charge in [-0.3, -0.25) is 0 Å². The Morgan fingerprint density at radius 1 is 1.58 bits per heavy atom. The maximum atomic E-state index is 14.7. The van der Waals surface area contributed by atoms with Gasteiger partial charge in [-0.1, -0.05) is 6.92 Å². The SMILES string of the molecule is C#[N+]c1nc(NC)c2ncc(C3OC(CC)(CO)C(O)C3F)n2n1. The van der Waals surface area contributed by atoms with Crippen molar-refractivity contribution in [1.29, 1.82) is 0 Å². The molecule has 0 aliphatic carbocycles. The number of rotatable bonds is 4. The molecule has 2 aromatic rings. The summed E-state index contributed by atoms with van der Waals surface area (Å²) < 4.78 is 21.7. The fraction of sp³-hybridized carbons (Fsp3) is 0.571. The van der Waals surface area contributed by atoms with Crippen LogP contribution in [0.4, 0.5) is 16.2 Å². The summed E-state index contributed by atoms with van der Waals surface area (Å²) in [7, 11) is 1.64. The zero-order chi connectivity index (χ0) is 17.5. The highest BCUT2D eigenvalue weighted by molar-refractivity contribution is 5.64. The van der Waals surface area contributed by atoms with E-state index in [-0.39, 0.29) is 18.1 Å². The molecule has 1 fully saturated rings. The summed E-state index contributed by atoms with van der Waals surface area (Å²) in [5.74, 6) is 0.335. The van der Waals surface area contributed by atoms with E-state index in [4.69, 9.17) is 11.3 Å². The van der Waals surface area contributed by atoms with Gasteiger partial charge in [-0.15, -0.1) is 4.52 Å². The first kappa shape index (κ1) is 16.5. The van der Waals surface area contributed by atoms with E-state index in [1.54, 1.807) is 14.0 Å². The molecule has 3 heterocycles. The molecule has 0 radical (unpaired) electrons. The van der Waals surface area contributed by atoms with Crippen molar-refractivity contribution in [3.63, 3.8) is 0 Å². The molecule has 1 aliphatic rings. The third-order valence-corrected chi connectivity index (χ3v) is 4.38. The summed E-state index contributed by atoms with van der Waals surface area (Å²) in [6.45, 7) is 6.43. The highest BCUT2D eigenvalue weighted by Gasteiger charge is 2.55. The van der Waals surface area contributed by atoms with E-state index in [2.05, 4.69) is 25.2 Å². The van der Waals surface area contributed by atoms with Gasteiger partial charge < -0.3 is 20.3 Å². The molecule has 10 heteroatoms. The molecular formula is C14H18FN6O3+. The standard InChI is InChI=1S/C14H18FN6O3/c1-4-14(6-22)10(23)8(15)9(24-14)7-5-18-12-11(16-2)19-13(17-3)20-21(7)12/h3,5,8-10,22-23H,4,6H2,1-2H3,(H,16,19,20)/q+1. The average Bonchev–Trinajstić information content (AvgIpc) is 3.14. The van der Waals surface area contributed by atoms with E-state index in [0.717, 1.165) is 0 Å². The fourth-order valence-corrected chi connectivity index (χ4v) is 2.91. The third-order valence-electron chi connectivity index (χ3n) is 4.38. The molecule has 4 atom stereocenters. The van der Waals surface area contributed by atoms with Crippen LogP contribution in [0.15, 0.2) is 6.20 Å². The van der Waals surface area contributed by atoms with E-state index in [1.165, 1.54) is 10.7 Å². The summed E-state index contributed by atoms with van der Waals surface area (Å²) >= 11 is 0. The summed E-state index contributed by atoms with van der Waals surface area (Å²) in [5, 5.41) is 26.7. The predicted octanol–water partition coefficient (Wildman–Crippen LogP) is 0.672. The van der Waals surface area contributed by atoms with Crippen molar-refractivity contribution in [2.75, 3.05) is 19.0 Å². The van der Waals surface area contributed by atoms with Gasteiger partial charge in [0, 0.05) is 12.1 Å². The van der Waals surface area contributed by atoms with Gasteiger partial charge in [0.25, 0.3) is 5.82 Å². The number of hydrogen-bond acceptors (Lipinski definition) is 7. The monoisotopic (exact) mass is 337 g/mol. The Balaban J connectivity index is 2.12. The van der Waals surface area contributed by atoms with Crippen LogP contribution in [0.3, 0.4) is 0 Å². The number of hydrogen-bond donors (Lipinski definition) is 3. The van der Waals surface area contributed by atoms with Gasteiger partial charge in [-0.05, 0) is 11.4 Å². The summed E-state index contributed by atoms with van der Waals surface area (Å²) in [6, 6.07) is 0. The van der Waals surface area contributed by atoms with Crippen LogP contribution in [-0.4, -0.2) is 61.3 Å². The minimum absolute atomic E-state index is 0.0241. The fourth-order valence-electron chi connectivity index (χ4n) is 2.91. The normalized spacial score (nSPS) is 29.8. The van der Waals surface area contributed by atoms with E-state index < -0.39 is 30.6 Å². The van der Waals surface area contributed by atoms with Gasteiger partial charge in [-0.25, -0.2) is 9.37 Å². The first-order valence-electron chi connectivity index (χ1n) is 7.46. The second-order valence-electron chi connectivity index (χ2n) is 5.56. The van der Waals surface area contributed by atoms with Crippen LogP contribution < -0.4 is 5.32 Å². The van der Waals surface area contributed by atoms with Crippen LogP contribution in [0.2, 0.25) is 0 Å². The number of halogens is 1. The quantitative estimate of drug-likeness (QED) is 0.752. The molecule has 1 saturated heterocycles. The maximum Gasteiger partial charge on any atom is 0.553 e. The van der Waals surface area contributed by atoms with Crippen molar-refractivity contribution >= 4 is 17.4 Å². The average molecular weight is 337 g/mol. The van der Waals surface area contributed by atoms with Crippen molar-refractivity contribution in [1.82, 2.24) is 19.6 Å². The molecular weight excluding hydrogens is 319 g/mol. The number of aromatic nitrogens is 4. The predicted molar refractivity (Wildman–Crippen MR) is 83.1 cm³/mol. The molecule has 0 saturated carbocycles. The number of imidazole rings is 1. The highest BCUT2D eigenvalue weighted by atomic mass is 19.1. The molecule has 9 nitrogen and oxygen atoms in total. The summed E-state index contributed by atoms with van der Waals surface area (Å²) in [5.41, 5.74) is -0.763. The van der Waals surface area contributed by atoms with Crippen LogP contribution in [0, 0.1) is 6.57 Å². The van der Waals surface area contributed by atoms with Gasteiger partial charge in [0.15, 0.2) is 6.17 Å². The lowest BCUT2D eigenvalue weighted by atomic mass is 9.93. The Hall–Kier alpha value is -2.35. The molecule has 0 spiro atoms. The second-order valence-corrected chi connectivity index (χ2v) is 5.56. The number of anilines is 1. The second kappa shape index (κ2) is 5.94. The first-order chi connectivity index (χ1) is 11.5.